The molecule has 0 fully saturated rings. The Morgan fingerprint density at radius 2 is 2.42 bits per heavy atom. The molecule has 3 N–H and O–H groups in total. The monoisotopic (exact) mass is 274 g/mol. The Labute approximate surface area is 115 Å². The molecule has 0 saturated heterocycles. The molecule has 0 saturated carbocycles. The van der Waals surface area contributed by atoms with Gasteiger partial charge < -0.3 is 10.5 Å². The van der Waals surface area contributed by atoms with Gasteiger partial charge in [-0.15, -0.1) is 11.3 Å². The van der Waals surface area contributed by atoms with E-state index in [0.717, 1.165) is 30.8 Å². The summed E-state index contributed by atoms with van der Waals surface area (Å²) in [5, 5.41) is 6.61. The first-order chi connectivity index (χ1) is 9.31. The SMILES string of the molecule is Nc1csc(NN=Cc2ccc3c(c2)CCCO3)n1. The van der Waals surface area contributed by atoms with Crippen LogP contribution in [0.1, 0.15) is 17.5 Å². The number of ether oxygens (including phenoxy) is 1. The molecular formula is C13H14N4OS. The third-order valence-electron chi connectivity index (χ3n) is 2.83. The summed E-state index contributed by atoms with van der Waals surface area (Å²) in [6, 6.07) is 6.10. The minimum absolute atomic E-state index is 0.508. The van der Waals surface area contributed by atoms with Gasteiger partial charge in [-0.2, -0.15) is 5.10 Å². The lowest BCUT2D eigenvalue weighted by atomic mass is 10.0. The van der Waals surface area contributed by atoms with E-state index in [4.69, 9.17) is 10.5 Å². The molecule has 0 amide bonds. The molecule has 19 heavy (non-hydrogen) atoms. The fraction of sp³-hybridized carbons (Fsp3) is 0.231. The van der Waals surface area contributed by atoms with Crippen LogP contribution in [0, 0.1) is 0 Å². The molecule has 6 heteroatoms. The van der Waals surface area contributed by atoms with E-state index in [1.54, 1.807) is 11.6 Å². The predicted octanol–water partition coefficient (Wildman–Crippen LogP) is 2.50. The summed E-state index contributed by atoms with van der Waals surface area (Å²) in [5.74, 6) is 1.50. The molecule has 1 aliphatic heterocycles. The molecule has 98 valence electrons. The lowest BCUT2D eigenvalue weighted by molar-refractivity contribution is 0.288. The summed E-state index contributed by atoms with van der Waals surface area (Å²) in [7, 11) is 0. The van der Waals surface area contributed by atoms with Crippen molar-refractivity contribution in [3.05, 3.63) is 34.7 Å². The van der Waals surface area contributed by atoms with Gasteiger partial charge in [0.25, 0.3) is 0 Å². The Morgan fingerprint density at radius 3 is 3.26 bits per heavy atom. The van der Waals surface area contributed by atoms with E-state index in [-0.39, 0.29) is 0 Å². The molecule has 1 aromatic heterocycles. The van der Waals surface area contributed by atoms with Gasteiger partial charge in [0.1, 0.15) is 11.6 Å². The molecule has 1 aromatic carbocycles. The zero-order valence-electron chi connectivity index (χ0n) is 10.3. The van der Waals surface area contributed by atoms with Crippen molar-refractivity contribution in [2.45, 2.75) is 12.8 Å². The maximum absolute atomic E-state index is 5.57. The van der Waals surface area contributed by atoms with Crippen molar-refractivity contribution in [3.8, 4) is 5.75 Å². The highest BCUT2D eigenvalue weighted by molar-refractivity contribution is 7.14. The lowest BCUT2D eigenvalue weighted by Crippen LogP contribution is -2.08. The summed E-state index contributed by atoms with van der Waals surface area (Å²) in [5.41, 5.74) is 10.7. The van der Waals surface area contributed by atoms with E-state index in [1.165, 1.54) is 16.9 Å². The average Bonchev–Trinajstić information content (AvgIpc) is 2.84. The standard InChI is InChI=1S/C13H14N4OS/c14-12-8-19-13(16-12)17-15-7-9-3-4-11-10(6-9)2-1-5-18-11/h3-4,6-8H,1-2,5,14H2,(H,16,17). The molecular weight excluding hydrogens is 260 g/mol. The summed E-state index contributed by atoms with van der Waals surface area (Å²) in [4.78, 5) is 4.06. The number of rotatable bonds is 3. The second kappa shape index (κ2) is 5.27. The number of aryl methyl sites for hydroxylation is 1. The van der Waals surface area contributed by atoms with Gasteiger partial charge in [-0.1, -0.05) is 0 Å². The predicted molar refractivity (Wildman–Crippen MR) is 78.0 cm³/mol. The van der Waals surface area contributed by atoms with E-state index in [1.807, 2.05) is 12.1 Å². The number of thiazole rings is 1. The Hall–Kier alpha value is -2.08. The Morgan fingerprint density at radius 1 is 1.47 bits per heavy atom. The van der Waals surface area contributed by atoms with Crippen molar-refractivity contribution < 1.29 is 4.74 Å². The number of hydrazone groups is 1. The largest absolute Gasteiger partial charge is 0.493 e. The number of nitrogens with two attached hydrogens (primary N) is 1. The fourth-order valence-corrected chi connectivity index (χ4v) is 2.51. The van der Waals surface area contributed by atoms with E-state index < -0.39 is 0 Å². The number of nitrogens with zero attached hydrogens (tertiary/aromatic N) is 2. The highest BCUT2D eigenvalue weighted by atomic mass is 32.1. The van der Waals surface area contributed by atoms with Crippen LogP contribution in [0.25, 0.3) is 0 Å². The Kier molecular flexibility index (Phi) is 3.33. The van der Waals surface area contributed by atoms with Crippen LogP contribution in [0.3, 0.4) is 0 Å². The van der Waals surface area contributed by atoms with Gasteiger partial charge in [-0.3, -0.25) is 5.43 Å². The highest BCUT2D eigenvalue weighted by Gasteiger charge is 2.09. The molecule has 0 unspecified atom stereocenters. The maximum Gasteiger partial charge on any atom is 0.205 e. The van der Waals surface area contributed by atoms with Crippen molar-refractivity contribution >= 4 is 28.5 Å². The van der Waals surface area contributed by atoms with Gasteiger partial charge in [0.05, 0.1) is 12.8 Å². The number of hydrogen-bond donors (Lipinski definition) is 2. The third-order valence-corrected chi connectivity index (χ3v) is 3.59. The van der Waals surface area contributed by atoms with Gasteiger partial charge in [-0.05, 0) is 42.2 Å². The van der Waals surface area contributed by atoms with Crippen molar-refractivity contribution in [1.29, 1.82) is 0 Å². The number of hydrogen-bond acceptors (Lipinski definition) is 6. The van der Waals surface area contributed by atoms with Gasteiger partial charge in [-0.25, -0.2) is 4.98 Å². The van der Waals surface area contributed by atoms with Crippen molar-refractivity contribution in [3.63, 3.8) is 0 Å². The fourth-order valence-electron chi connectivity index (χ4n) is 1.96. The summed E-state index contributed by atoms with van der Waals surface area (Å²) >= 11 is 1.43. The summed E-state index contributed by atoms with van der Waals surface area (Å²) in [6.45, 7) is 0.813. The van der Waals surface area contributed by atoms with Crippen LogP contribution in [0.2, 0.25) is 0 Å². The average molecular weight is 274 g/mol. The number of nitrogen functional groups attached to an aromatic ring is 1. The normalized spacial score (nSPS) is 14.1. The second-order valence-corrected chi connectivity index (χ2v) is 5.12. The number of fused-ring (bicyclic) bond motifs is 1. The van der Waals surface area contributed by atoms with Gasteiger partial charge in [0.15, 0.2) is 0 Å². The molecule has 0 aliphatic carbocycles. The number of benzene rings is 1. The molecule has 0 spiro atoms. The van der Waals surface area contributed by atoms with Crippen LogP contribution in [0.5, 0.6) is 5.75 Å². The van der Waals surface area contributed by atoms with Crippen molar-refractivity contribution in [2.24, 2.45) is 5.10 Å². The molecule has 0 radical (unpaired) electrons. The van der Waals surface area contributed by atoms with Crippen molar-refractivity contribution in [2.75, 3.05) is 17.8 Å². The second-order valence-electron chi connectivity index (χ2n) is 4.27. The maximum atomic E-state index is 5.57. The quantitative estimate of drug-likeness (QED) is 0.666. The molecule has 1 aliphatic rings. The first kappa shape index (κ1) is 12.0. The zero-order chi connectivity index (χ0) is 13.1. The van der Waals surface area contributed by atoms with E-state index in [9.17, 15) is 0 Å². The van der Waals surface area contributed by atoms with Gasteiger partial charge in [0.2, 0.25) is 5.13 Å². The molecule has 2 aromatic rings. The Bertz CT molecular complexity index is 608. The van der Waals surface area contributed by atoms with E-state index >= 15 is 0 Å². The van der Waals surface area contributed by atoms with Crippen molar-refractivity contribution in [1.82, 2.24) is 4.98 Å². The minimum Gasteiger partial charge on any atom is -0.493 e. The number of aromatic nitrogens is 1. The topological polar surface area (TPSA) is 72.5 Å². The summed E-state index contributed by atoms with van der Waals surface area (Å²) < 4.78 is 5.57. The van der Waals surface area contributed by atoms with Crippen LogP contribution in [-0.2, 0) is 6.42 Å². The molecule has 5 nitrogen and oxygen atoms in total. The number of anilines is 2. The van der Waals surface area contributed by atoms with Crippen LogP contribution in [0.15, 0.2) is 28.7 Å². The minimum atomic E-state index is 0.508. The molecule has 3 rings (SSSR count). The smallest absolute Gasteiger partial charge is 0.205 e. The van der Waals surface area contributed by atoms with Crippen LogP contribution in [-0.4, -0.2) is 17.8 Å². The van der Waals surface area contributed by atoms with E-state index in [2.05, 4.69) is 21.6 Å². The Balaban J connectivity index is 1.69. The number of nitrogens with one attached hydrogen (secondary N) is 1. The highest BCUT2D eigenvalue weighted by Crippen LogP contribution is 2.25. The molecule has 2 heterocycles. The molecule has 0 bridgehead atoms. The van der Waals surface area contributed by atoms with Gasteiger partial charge >= 0.3 is 0 Å². The van der Waals surface area contributed by atoms with Crippen LogP contribution in [0.4, 0.5) is 10.9 Å². The third kappa shape index (κ3) is 2.85. The van der Waals surface area contributed by atoms with Crippen LogP contribution < -0.4 is 15.9 Å². The van der Waals surface area contributed by atoms with Crippen LogP contribution >= 0.6 is 11.3 Å². The molecule has 0 atom stereocenters. The van der Waals surface area contributed by atoms with E-state index in [0.29, 0.717) is 10.9 Å². The first-order valence-electron chi connectivity index (χ1n) is 6.07. The first-order valence-corrected chi connectivity index (χ1v) is 6.95. The van der Waals surface area contributed by atoms with Gasteiger partial charge in [0, 0.05) is 5.38 Å². The lowest BCUT2D eigenvalue weighted by Gasteiger charge is -2.16. The summed E-state index contributed by atoms with van der Waals surface area (Å²) in [6.07, 6.45) is 3.91. The zero-order valence-corrected chi connectivity index (χ0v) is 11.1.